The molecule has 0 aromatic carbocycles. The van der Waals surface area contributed by atoms with E-state index in [-0.39, 0.29) is 33.1 Å². The lowest BCUT2D eigenvalue weighted by atomic mass is 9.63. The molecule has 1 fully saturated rings. The molecule has 0 aliphatic heterocycles. The second-order valence-electron chi connectivity index (χ2n) is 8.08. The van der Waals surface area contributed by atoms with Crippen molar-refractivity contribution in [2.45, 2.75) is 52.7 Å². The highest BCUT2D eigenvalue weighted by molar-refractivity contribution is 7.71. The Morgan fingerprint density at radius 2 is 2.12 bits per heavy atom. The molecule has 0 saturated heterocycles. The van der Waals surface area contributed by atoms with Gasteiger partial charge in [-0.1, -0.05) is 26.8 Å². The number of rotatable bonds is 5. The van der Waals surface area contributed by atoms with Crippen LogP contribution in [0.15, 0.2) is 22.4 Å². The second kappa shape index (κ2) is 7.25. The Kier molecular flexibility index (Phi) is 5.68. The van der Waals surface area contributed by atoms with Crippen LogP contribution in [0.4, 0.5) is 0 Å². The molecule has 138 valence electrons. The van der Waals surface area contributed by atoms with E-state index in [1.165, 1.54) is 10.8 Å². The highest BCUT2D eigenvalue weighted by Crippen LogP contribution is 2.46. The van der Waals surface area contributed by atoms with Gasteiger partial charge in [0.05, 0.1) is 6.10 Å². The van der Waals surface area contributed by atoms with Crippen molar-refractivity contribution in [1.29, 1.82) is 0 Å². The number of hydrogen-bond donors (Lipinski definition) is 3. The van der Waals surface area contributed by atoms with E-state index in [4.69, 9.17) is 12.2 Å². The minimum absolute atomic E-state index is 0.0541. The van der Waals surface area contributed by atoms with Crippen LogP contribution < -0.4 is 5.56 Å². The van der Waals surface area contributed by atoms with Gasteiger partial charge in [0.15, 0.2) is 4.77 Å². The molecule has 1 aliphatic rings. The number of aromatic nitrogens is 2. The number of aromatic amines is 1. The molecule has 0 bridgehead atoms. The lowest BCUT2D eigenvalue weighted by Gasteiger charge is -2.44. The third-order valence-corrected chi connectivity index (χ3v) is 4.96. The number of nitrogens with one attached hydrogen (secondary N) is 1. The zero-order valence-electron chi connectivity index (χ0n) is 15.1. The molecule has 0 radical (unpaired) electrons. The van der Waals surface area contributed by atoms with Crippen LogP contribution in [0.25, 0.3) is 0 Å². The maximum Gasteiger partial charge on any atom is 0.264 e. The SMILES string of the molecule is C=CCn1c(O)c(C=NC[C@@]2(C)C[C@H](O)CC(C)(C)C2)c(=O)[nH]c1=S. The van der Waals surface area contributed by atoms with Gasteiger partial charge in [-0.2, -0.15) is 0 Å². The van der Waals surface area contributed by atoms with Gasteiger partial charge in [-0.3, -0.25) is 19.3 Å². The zero-order valence-corrected chi connectivity index (χ0v) is 15.9. The lowest BCUT2D eigenvalue weighted by Crippen LogP contribution is -2.40. The van der Waals surface area contributed by atoms with Crippen LogP contribution in [0, 0.1) is 15.6 Å². The van der Waals surface area contributed by atoms with Gasteiger partial charge < -0.3 is 10.2 Å². The van der Waals surface area contributed by atoms with Crippen molar-refractivity contribution in [1.82, 2.24) is 9.55 Å². The molecule has 1 aliphatic carbocycles. The molecule has 0 spiro atoms. The van der Waals surface area contributed by atoms with Gasteiger partial charge >= 0.3 is 0 Å². The zero-order chi connectivity index (χ0) is 18.8. The number of hydrogen-bond acceptors (Lipinski definition) is 5. The smallest absolute Gasteiger partial charge is 0.264 e. The van der Waals surface area contributed by atoms with E-state index in [0.29, 0.717) is 19.5 Å². The Labute approximate surface area is 152 Å². The highest BCUT2D eigenvalue weighted by atomic mass is 32.1. The van der Waals surface area contributed by atoms with Crippen molar-refractivity contribution in [2.75, 3.05) is 6.54 Å². The molecule has 1 heterocycles. The summed E-state index contributed by atoms with van der Waals surface area (Å²) in [4.78, 5) is 19.0. The number of aliphatic hydroxyl groups excluding tert-OH is 1. The van der Waals surface area contributed by atoms with Gasteiger partial charge in [0.25, 0.3) is 5.56 Å². The monoisotopic (exact) mass is 365 g/mol. The maximum atomic E-state index is 12.1. The summed E-state index contributed by atoms with van der Waals surface area (Å²) in [5.74, 6) is -0.216. The molecule has 2 atom stereocenters. The third-order valence-electron chi connectivity index (χ3n) is 4.63. The topological polar surface area (TPSA) is 90.6 Å². The minimum atomic E-state index is -0.472. The molecule has 0 unspecified atom stereocenters. The molecule has 1 aromatic heterocycles. The number of allylic oxidation sites excluding steroid dienone is 1. The number of aromatic hydroxyl groups is 1. The highest BCUT2D eigenvalue weighted by Gasteiger charge is 2.40. The van der Waals surface area contributed by atoms with Crippen molar-refractivity contribution >= 4 is 18.4 Å². The predicted octanol–water partition coefficient (Wildman–Crippen LogP) is 2.79. The normalized spacial score (nSPS) is 26.0. The molecule has 1 aromatic rings. The van der Waals surface area contributed by atoms with Gasteiger partial charge in [0.2, 0.25) is 5.88 Å². The Morgan fingerprint density at radius 1 is 1.44 bits per heavy atom. The first-order chi connectivity index (χ1) is 11.6. The predicted molar refractivity (Wildman–Crippen MR) is 102 cm³/mol. The van der Waals surface area contributed by atoms with Gasteiger partial charge in [0, 0.05) is 19.3 Å². The quantitative estimate of drug-likeness (QED) is 0.425. The van der Waals surface area contributed by atoms with Gasteiger partial charge in [-0.15, -0.1) is 6.58 Å². The number of H-pyrrole nitrogens is 1. The van der Waals surface area contributed by atoms with Crippen molar-refractivity contribution in [2.24, 2.45) is 15.8 Å². The maximum absolute atomic E-state index is 12.1. The first-order valence-electron chi connectivity index (χ1n) is 8.42. The summed E-state index contributed by atoms with van der Waals surface area (Å²) in [5.41, 5.74) is -0.483. The lowest BCUT2D eigenvalue weighted by molar-refractivity contribution is -0.00472. The summed E-state index contributed by atoms with van der Waals surface area (Å²) >= 11 is 5.05. The average Bonchev–Trinajstić information content (AvgIpc) is 2.44. The fourth-order valence-corrected chi connectivity index (χ4v) is 4.30. The second-order valence-corrected chi connectivity index (χ2v) is 8.47. The van der Waals surface area contributed by atoms with Crippen LogP contribution in [0.2, 0.25) is 0 Å². The molecular weight excluding hydrogens is 338 g/mol. The van der Waals surface area contributed by atoms with Crippen LogP contribution in [0.5, 0.6) is 5.88 Å². The first kappa shape index (κ1) is 19.6. The van der Waals surface area contributed by atoms with E-state index in [1.54, 1.807) is 6.08 Å². The van der Waals surface area contributed by atoms with Gasteiger partial charge in [-0.05, 0) is 42.3 Å². The van der Waals surface area contributed by atoms with E-state index < -0.39 is 5.56 Å². The molecule has 2 rings (SSSR count). The van der Waals surface area contributed by atoms with Crippen LogP contribution in [0.1, 0.15) is 45.6 Å². The summed E-state index contributed by atoms with van der Waals surface area (Å²) in [6.07, 6.45) is 5.04. The Balaban J connectivity index is 2.25. The van der Waals surface area contributed by atoms with Crippen LogP contribution >= 0.6 is 12.2 Å². The molecule has 6 nitrogen and oxygen atoms in total. The van der Waals surface area contributed by atoms with Crippen molar-refractivity contribution in [3.63, 3.8) is 0 Å². The fourth-order valence-electron chi connectivity index (χ4n) is 4.05. The average molecular weight is 365 g/mol. The molecule has 0 amide bonds. The summed E-state index contributed by atoms with van der Waals surface area (Å²) < 4.78 is 1.53. The van der Waals surface area contributed by atoms with E-state index in [2.05, 4.69) is 37.3 Å². The van der Waals surface area contributed by atoms with Crippen molar-refractivity contribution in [3.05, 3.63) is 33.3 Å². The summed E-state index contributed by atoms with van der Waals surface area (Å²) in [7, 11) is 0. The largest absolute Gasteiger partial charge is 0.494 e. The number of aliphatic imine (C=N–C) groups is 1. The first-order valence-corrected chi connectivity index (χ1v) is 8.83. The van der Waals surface area contributed by atoms with Gasteiger partial charge in [-0.25, -0.2) is 0 Å². The minimum Gasteiger partial charge on any atom is -0.494 e. The molecule has 25 heavy (non-hydrogen) atoms. The van der Waals surface area contributed by atoms with Crippen LogP contribution in [-0.4, -0.2) is 38.6 Å². The van der Waals surface area contributed by atoms with E-state index >= 15 is 0 Å². The fraction of sp³-hybridized carbons (Fsp3) is 0.611. The van der Waals surface area contributed by atoms with E-state index in [0.717, 1.165) is 12.8 Å². The third kappa shape index (κ3) is 4.67. The van der Waals surface area contributed by atoms with Crippen molar-refractivity contribution < 1.29 is 10.2 Å². The Hall–Kier alpha value is -1.73. The Morgan fingerprint density at radius 3 is 2.72 bits per heavy atom. The van der Waals surface area contributed by atoms with Crippen LogP contribution in [0.3, 0.4) is 0 Å². The number of aliphatic hydroxyl groups is 1. The molecule has 3 N–H and O–H groups in total. The number of nitrogens with zero attached hydrogens (tertiary/aromatic N) is 2. The van der Waals surface area contributed by atoms with Crippen LogP contribution in [-0.2, 0) is 6.54 Å². The standard InChI is InChI=1S/C18H27N3O3S/c1-5-6-21-15(24)13(14(23)20-16(21)25)9-19-11-18(4)8-12(22)7-17(2,3)10-18/h5,9,12,22,24H,1,6-8,10-11H2,2-4H3,(H,20,23,25)/t12-,18+/m1/s1. The molecule has 1 saturated carbocycles. The van der Waals surface area contributed by atoms with Gasteiger partial charge in [0.1, 0.15) is 5.56 Å². The van der Waals surface area contributed by atoms with E-state index in [9.17, 15) is 15.0 Å². The molecular formula is C18H27N3O3S. The summed E-state index contributed by atoms with van der Waals surface area (Å²) in [6, 6.07) is 0. The Bertz CT molecular complexity index is 794. The van der Waals surface area contributed by atoms with E-state index in [1.807, 2.05) is 0 Å². The summed E-state index contributed by atoms with van der Waals surface area (Å²) in [5, 5.41) is 20.4. The van der Waals surface area contributed by atoms with Crippen molar-refractivity contribution in [3.8, 4) is 5.88 Å². The summed E-state index contributed by atoms with van der Waals surface area (Å²) in [6.45, 7) is 10.8. The molecule has 7 heteroatoms.